The minimum absolute atomic E-state index is 0.0870. The lowest BCUT2D eigenvalue weighted by Crippen LogP contribution is -2.16. The molecule has 3 aromatic rings. The number of benzene rings is 3. The molecular formula is C25H21NO4. The summed E-state index contributed by atoms with van der Waals surface area (Å²) in [5.74, 6) is -1.23. The summed E-state index contributed by atoms with van der Waals surface area (Å²) < 4.78 is 5.32. The molecule has 0 unspecified atom stereocenters. The zero-order chi connectivity index (χ0) is 21.1. The Balaban J connectivity index is 1.44. The monoisotopic (exact) mass is 399 g/mol. The van der Waals surface area contributed by atoms with Crippen LogP contribution in [0.5, 0.6) is 0 Å². The lowest BCUT2D eigenvalue weighted by atomic mass is 9.99. The number of anilines is 1. The fraction of sp³-hybridized carbons (Fsp3) is 0.160. The molecule has 0 saturated carbocycles. The maximum Gasteiger partial charge on any atom is 0.338 e. The van der Waals surface area contributed by atoms with Crippen LogP contribution in [-0.2, 0) is 16.0 Å². The maximum absolute atomic E-state index is 12.6. The van der Waals surface area contributed by atoms with Crippen LogP contribution < -0.4 is 5.32 Å². The van der Waals surface area contributed by atoms with E-state index < -0.39 is 5.97 Å². The molecule has 0 saturated heterocycles. The third-order valence-corrected chi connectivity index (χ3v) is 5.30. The van der Waals surface area contributed by atoms with Crippen LogP contribution in [0, 0.1) is 0 Å². The van der Waals surface area contributed by atoms with Crippen molar-refractivity contribution in [3.05, 3.63) is 101 Å². The lowest BCUT2D eigenvalue weighted by Gasteiger charge is -2.10. The molecule has 5 nitrogen and oxygen atoms in total. The van der Waals surface area contributed by atoms with Crippen molar-refractivity contribution in [1.29, 1.82) is 0 Å². The van der Waals surface area contributed by atoms with Gasteiger partial charge < -0.3 is 10.1 Å². The van der Waals surface area contributed by atoms with Crippen molar-refractivity contribution in [1.82, 2.24) is 0 Å². The van der Waals surface area contributed by atoms with E-state index in [-0.39, 0.29) is 24.2 Å². The van der Waals surface area contributed by atoms with E-state index in [1.165, 1.54) is 0 Å². The number of ketones is 1. The van der Waals surface area contributed by atoms with Crippen molar-refractivity contribution in [2.45, 2.75) is 19.3 Å². The van der Waals surface area contributed by atoms with E-state index in [0.29, 0.717) is 17.5 Å². The molecule has 0 fully saturated rings. The highest BCUT2D eigenvalue weighted by Crippen LogP contribution is 2.32. The first-order valence-corrected chi connectivity index (χ1v) is 9.80. The summed E-state index contributed by atoms with van der Waals surface area (Å²) in [4.78, 5) is 37.0. The highest BCUT2D eigenvalue weighted by molar-refractivity contribution is 6.05. The van der Waals surface area contributed by atoms with Crippen LogP contribution in [-0.4, -0.2) is 24.3 Å². The van der Waals surface area contributed by atoms with Gasteiger partial charge in [0.25, 0.3) is 0 Å². The number of fused-ring (bicyclic) bond motifs is 1. The quantitative estimate of drug-likeness (QED) is 0.493. The first-order chi connectivity index (χ1) is 14.5. The lowest BCUT2D eigenvalue weighted by molar-refractivity contribution is -0.116. The second-order valence-corrected chi connectivity index (χ2v) is 7.33. The van der Waals surface area contributed by atoms with Crippen LogP contribution in [0.15, 0.2) is 72.8 Å². The van der Waals surface area contributed by atoms with Gasteiger partial charge in [-0.05, 0) is 54.3 Å². The molecule has 1 aliphatic heterocycles. The molecule has 5 heteroatoms. The number of hydrogen-bond acceptors (Lipinski definition) is 4. The molecule has 30 heavy (non-hydrogen) atoms. The molecule has 3 aromatic carbocycles. The number of esters is 1. The van der Waals surface area contributed by atoms with Gasteiger partial charge in [-0.3, -0.25) is 9.59 Å². The predicted molar refractivity (Wildman–Crippen MR) is 114 cm³/mol. The van der Waals surface area contributed by atoms with Gasteiger partial charge in [-0.25, -0.2) is 4.79 Å². The van der Waals surface area contributed by atoms with Gasteiger partial charge in [-0.2, -0.15) is 0 Å². The van der Waals surface area contributed by atoms with Crippen molar-refractivity contribution in [2.75, 3.05) is 11.9 Å². The van der Waals surface area contributed by atoms with E-state index in [1.807, 2.05) is 42.5 Å². The van der Waals surface area contributed by atoms with E-state index in [9.17, 15) is 14.4 Å². The fourth-order valence-corrected chi connectivity index (χ4v) is 3.57. The normalized spacial score (nSPS) is 14.7. The molecule has 0 bridgehead atoms. The van der Waals surface area contributed by atoms with Crippen LogP contribution >= 0.6 is 0 Å². The summed E-state index contributed by atoms with van der Waals surface area (Å²) in [7, 11) is 0. The van der Waals surface area contributed by atoms with Crippen molar-refractivity contribution < 1.29 is 19.1 Å². The Morgan fingerprint density at radius 1 is 0.967 bits per heavy atom. The Morgan fingerprint density at radius 2 is 1.70 bits per heavy atom. The number of nitrogens with one attached hydrogen (secondary N) is 1. The third kappa shape index (κ3) is 4.01. The minimum atomic E-state index is -0.527. The van der Waals surface area contributed by atoms with E-state index >= 15 is 0 Å². The zero-order valence-corrected chi connectivity index (χ0v) is 16.6. The van der Waals surface area contributed by atoms with E-state index in [4.69, 9.17) is 4.74 Å². The number of Topliss-reactive ketones (excluding diaryl/α,β-unsaturated/α-hetero) is 1. The van der Waals surface area contributed by atoms with Gasteiger partial charge in [0.15, 0.2) is 12.4 Å². The number of carbonyl (C=O) groups excluding carboxylic acids is 3. The van der Waals surface area contributed by atoms with Crippen LogP contribution in [0.1, 0.15) is 50.2 Å². The van der Waals surface area contributed by atoms with Gasteiger partial charge in [-0.15, -0.1) is 0 Å². The minimum Gasteiger partial charge on any atom is -0.454 e. The summed E-state index contributed by atoms with van der Waals surface area (Å²) in [5, 5.41) is 2.78. The SMILES string of the molecule is C[C@H]1C(=O)Nc2ccc(C(=O)COC(=O)c3ccccc3Cc3ccccc3)cc21. The predicted octanol–water partition coefficient (Wildman–Crippen LogP) is 4.37. The maximum atomic E-state index is 12.6. The van der Waals surface area contributed by atoms with Crippen LogP contribution in [0.4, 0.5) is 5.69 Å². The molecule has 0 aromatic heterocycles. The molecular weight excluding hydrogens is 378 g/mol. The van der Waals surface area contributed by atoms with E-state index in [1.54, 1.807) is 37.3 Å². The summed E-state index contributed by atoms with van der Waals surface area (Å²) in [6.45, 7) is 1.44. The van der Waals surface area contributed by atoms with Crippen molar-refractivity contribution >= 4 is 23.3 Å². The molecule has 0 spiro atoms. The van der Waals surface area contributed by atoms with Crippen LogP contribution in [0.3, 0.4) is 0 Å². The Bertz CT molecular complexity index is 1120. The highest BCUT2D eigenvalue weighted by Gasteiger charge is 2.27. The van der Waals surface area contributed by atoms with E-state index in [2.05, 4.69) is 5.32 Å². The average Bonchev–Trinajstić information content (AvgIpc) is 3.06. The fourth-order valence-electron chi connectivity index (χ4n) is 3.57. The van der Waals surface area contributed by atoms with Gasteiger partial charge in [-0.1, -0.05) is 48.5 Å². The molecule has 1 atom stereocenters. The molecule has 1 amide bonds. The second kappa shape index (κ2) is 8.33. The first kappa shape index (κ1) is 19.6. The third-order valence-electron chi connectivity index (χ3n) is 5.30. The standard InChI is InChI=1S/C25H21NO4/c1-16-21-14-19(11-12-22(21)26-24(16)28)23(27)15-30-25(29)20-10-6-5-9-18(20)13-17-7-3-2-4-8-17/h2-12,14,16H,13,15H2,1H3,(H,26,28)/t16-/m1/s1. The molecule has 1 N–H and O–H groups in total. The van der Waals surface area contributed by atoms with Gasteiger partial charge in [0.05, 0.1) is 11.5 Å². The van der Waals surface area contributed by atoms with Gasteiger partial charge in [0.2, 0.25) is 5.91 Å². The molecule has 0 radical (unpaired) electrons. The number of ether oxygens (including phenoxy) is 1. The Hall–Kier alpha value is -3.73. The summed E-state index contributed by atoms with van der Waals surface area (Å²) >= 11 is 0. The van der Waals surface area contributed by atoms with Crippen molar-refractivity contribution in [3.8, 4) is 0 Å². The number of hydrogen-bond donors (Lipinski definition) is 1. The van der Waals surface area contributed by atoms with Gasteiger partial charge in [0, 0.05) is 11.3 Å². The Morgan fingerprint density at radius 3 is 2.50 bits per heavy atom. The number of amides is 1. The Kier molecular flexibility index (Phi) is 5.44. The summed E-state index contributed by atoms with van der Waals surface area (Å²) in [6, 6.07) is 22.1. The number of carbonyl (C=O) groups is 3. The smallest absolute Gasteiger partial charge is 0.338 e. The summed E-state index contributed by atoms with van der Waals surface area (Å²) in [5.41, 5.74) is 4.30. The topological polar surface area (TPSA) is 72.5 Å². The largest absolute Gasteiger partial charge is 0.454 e. The van der Waals surface area contributed by atoms with Crippen molar-refractivity contribution in [3.63, 3.8) is 0 Å². The van der Waals surface area contributed by atoms with Gasteiger partial charge in [0.1, 0.15) is 0 Å². The molecule has 0 aliphatic carbocycles. The van der Waals surface area contributed by atoms with E-state index in [0.717, 1.165) is 22.4 Å². The molecule has 150 valence electrons. The number of rotatable bonds is 6. The van der Waals surface area contributed by atoms with Crippen LogP contribution in [0.25, 0.3) is 0 Å². The molecule has 4 rings (SSSR count). The van der Waals surface area contributed by atoms with Gasteiger partial charge >= 0.3 is 5.97 Å². The van der Waals surface area contributed by atoms with Crippen molar-refractivity contribution in [2.24, 2.45) is 0 Å². The molecule has 1 heterocycles. The average molecular weight is 399 g/mol. The second-order valence-electron chi connectivity index (χ2n) is 7.33. The zero-order valence-electron chi connectivity index (χ0n) is 16.6. The highest BCUT2D eigenvalue weighted by atomic mass is 16.5. The van der Waals surface area contributed by atoms with Crippen LogP contribution in [0.2, 0.25) is 0 Å². The Labute approximate surface area is 174 Å². The molecule has 1 aliphatic rings. The summed E-state index contributed by atoms with van der Waals surface area (Å²) in [6.07, 6.45) is 0.601. The first-order valence-electron chi connectivity index (χ1n) is 9.80.